The number of nitro groups is 1. The number of carboxylic acid groups (broad SMARTS) is 1. The van der Waals surface area contributed by atoms with E-state index in [1.54, 1.807) is 24.3 Å². The van der Waals surface area contributed by atoms with E-state index in [0.717, 1.165) is 0 Å². The number of non-ortho nitro benzene ring substituents is 1. The lowest BCUT2D eigenvalue weighted by atomic mass is 10.1. The quantitative estimate of drug-likeness (QED) is 0.672. The van der Waals surface area contributed by atoms with E-state index >= 15 is 0 Å². The zero-order valence-electron chi connectivity index (χ0n) is 10.7. The molecular formula is C14H10ClNO5. The minimum absolute atomic E-state index is 0.104. The molecule has 7 heteroatoms. The number of hydrogen-bond donors (Lipinski definition) is 1. The number of nitrogens with zero attached hydrogens (tertiary/aromatic N) is 1. The summed E-state index contributed by atoms with van der Waals surface area (Å²) < 4.78 is 5.52. The van der Waals surface area contributed by atoms with Crippen molar-refractivity contribution in [2.24, 2.45) is 0 Å². The molecule has 2 rings (SSSR count). The van der Waals surface area contributed by atoms with Gasteiger partial charge in [-0.05, 0) is 23.8 Å². The number of hydrogen-bond acceptors (Lipinski definition) is 4. The van der Waals surface area contributed by atoms with E-state index in [0.29, 0.717) is 11.3 Å². The predicted molar refractivity (Wildman–Crippen MR) is 76.0 cm³/mol. The Kier molecular flexibility index (Phi) is 4.39. The largest absolute Gasteiger partial charge is 0.481 e. The van der Waals surface area contributed by atoms with Gasteiger partial charge in [0.15, 0.2) is 0 Å². The molecule has 0 spiro atoms. The Hall–Kier alpha value is -2.60. The van der Waals surface area contributed by atoms with Gasteiger partial charge in [-0.25, -0.2) is 0 Å². The van der Waals surface area contributed by atoms with Crippen LogP contribution >= 0.6 is 11.6 Å². The molecule has 0 aliphatic carbocycles. The second kappa shape index (κ2) is 6.23. The fourth-order valence-corrected chi connectivity index (χ4v) is 1.92. The third-order valence-corrected chi connectivity index (χ3v) is 2.90. The number of aliphatic carboxylic acids is 1. The maximum Gasteiger partial charge on any atom is 0.307 e. The molecule has 1 N–H and O–H groups in total. The van der Waals surface area contributed by atoms with Crippen LogP contribution in [-0.4, -0.2) is 16.0 Å². The van der Waals surface area contributed by atoms with Crippen LogP contribution in [0, 0.1) is 10.1 Å². The van der Waals surface area contributed by atoms with E-state index in [4.69, 9.17) is 21.4 Å². The van der Waals surface area contributed by atoms with Crippen molar-refractivity contribution >= 4 is 23.3 Å². The van der Waals surface area contributed by atoms with E-state index in [1.165, 1.54) is 18.2 Å². The van der Waals surface area contributed by atoms with Gasteiger partial charge in [-0.1, -0.05) is 23.7 Å². The Morgan fingerprint density at radius 1 is 1.29 bits per heavy atom. The minimum atomic E-state index is -0.944. The van der Waals surface area contributed by atoms with Crippen molar-refractivity contribution < 1.29 is 19.6 Å². The van der Waals surface area contributed by atoms with Crippen LogP contribution in [-0.2, 0) is 11.2 Å². The zero-order chi connectivity index (χ0) is 15.4. The first-order chi connectivity index (χ1) is 9.95. The van der Waals surface area contributed by atoms with Crippen molar-refractivity contribution in [2.75, 3.05) is 0 Å². The topological polar surface area (TPSA) is 89.7 Å². The molecule has 0 amide bonds. The molecule has 2 aromatic carbocycles. The molecule has 0 aliphatic rings. The van der Waals surface area contributed by atoms with Gasteiger partial charge in [-0.15, -0.1) is 0 Å². The van der Waals surface area contributed by atoms with Crippen molar-refractivity contribution in [3.63, 3.8) is 0 Å². The van der Waals surface area contributed by atoms with Crippen LogP contribution in [0.1, 0.15) is 5.56 Å². The molecule has 2 aromatic rings. The highest BCUT2D eigenvalue weighted by molar-refractivity contribution is 6.32. The lowest BCUT2D eigenvalue weighted by Gasteiger charge is -2.08. The van der Waals surface area contributed by atoms with Gasteiger partial charge >= 0.3 is 5.97 Å². The van der Waals surface area contributed by atoms with Gasteiger partial charge in [-0.2, -0.15) is 0 Å². The SMILES string of the molecule is O=C(O)Cc1cccc(Oc2ccc([N+](=O)[O-])cc2Cl)c1. The first-order valence-electron chi connectivity index (χ1n) is 5.88. The smallest absolute Gasteiger partial charge is 0.307 e. The summed E-state index contributed by atoms with van der Waals surface area (Å²) >= 11 is 5.92. The van der Waals surface area contributed by atoms with Crippen molar-refractivity contribution in [3.8, 4) is 11.5 Å². The van der Waals surface area contributed by atoms with Crippen LogP contribution in [0.25, 0.3) is 0 Å². The van der Waals surface area contributed by atoms with Crippen LogP contribution in [0.5, 0.6) is 11.5 Å². The molecule has 0 heterocycles. The third-order valence-electron chi connectivity index (χ3n) is 2.61. The van der Waals surface area contributed by atoms with Crippen LogP contribution in [0.4, 0.5) is 5.69 Å². The Morgan fingerprint density at radius 3 is 2.67 bits per heavy atom. The summed E-state index contributed by atoms with van der Waals surface area (Å²) in [5, 5.41) is 19.5. The van der Waals surface area contributed by atoms with Crippen molar-refractivity contribution in [3.05, 3.63) is 63.2 Å². The van der Waals surface area contributed by atoms with E-state index in [2.05, 4.69) is 0 Å². The normalized spacial score (nSPS) is 10.1. The lowest BCUT2D eigenvalue weighted by molar-refractivity contribution is -0.384. The maximum atomic E-state index is 10.7. The van der Waals surface area contributed by atoms with Gasteiger partial charge in [0.05, 0.1) is 16.4 Å². The molecule has 0 aliphatic heterocycles. The Bertz CT molecular complexity index is 702. The molecule has 0 bridgehead atoms. The van der Waals surface area contributed by atoms with Gasteiger partial charge < -0.3 is 9.84 Å². The molecule has 0 fully saturated rings. The highest BCUT2D eigenvalue weighted by atomic mass is 35.5. The second-order valence-electron chi connectivity index (χ2n) is 4.19. The summed E-state index contributed by atoms with van der Waals surface area (Å²) in [7, 11) is 0. The molecule has 0 saturated heterocycles. The summed E-state index contributed by atoms with van der Waals surface area (Å²) in [6, 6.07) is 10.4. The van der Waals surface area contributed by atoms with E-state index in [1.807, 2.05) is 0 Å². The maximum absolute atomic E-state index is 10.7. The number of carboxylic acids is 1. The van der Waals surface area contributed by atoms with Crippen molar-refractivity contribution in [2.45, 2.75) is 6.42 Å². The average molecular weight is 308 g/mol. The first-order valence-corrected chi connectivity index (χ1v) is 6.26. The van der Waals surface area contributed by atoms with Gasteiger partial charge in [0.1, 0.15) is 11.5 Å². The van der Waals surface area contributed by atoms with Crippen LogP contribution in [0.3, 0.4) is 0 Å². The van der Waals surface area contributed by atoms with E-state index < -0.39 is 10.9 Å². The van der Waals surface area contributed by atoms with Gasteiger partial charge in [0.25, 0.3) is 5.69 Å². The van der Waals surface area contributed by atoms with E-state index in [-0.39, 0.29) is 22.9 Å². The fourth-order valence-electron chi connectivity index (χ4n) is 1.71. The zero-order valence-corrected chi connectivity index (χ0v) is 11.4. The van der Waals surface area contributed by atoms with Gasteiger partial charge in [0.2, 0.25) is 0 Å². The van der Waals surface area contributed by atoms with Crippen molar-refractivity contribution in [1.82, 2.24) is 0 Å². The predicted octanol–water partition coefficient (Wildman–Crippen LogP) is 3.67. The Balaban J connectivity index is 2.22. The number of halogens is 1. The summed E-state index contributed by atoms with van der Waals surface area (Å²) in [5.74, 6) is -0.278. The lowest BCUT2D eigenvalue weighted by Crippen LogP contribution is -1.99. The molecule has 21 heavy (non-hydrogen) atoms. The monoisotopic (exact) mass is 307 g/mol. The average Bonchev–Trinajstić information content (AvgIpc) is 2.40. The highest BCUT2D eigenvalue weighted by Crippen LogP contribution is 2.32. The minimum Gasteiger partial charge on any atom is -0.481 e. The summed E-state index contributed by atoms with van der Waals surface area (Å²) in [6.45, 7) is 0. The summed E-state index contributed by atoms with van der Waals surface area (Å²) in [4.78, 5) is 20.7. The summed E-state index contributed by atoms with van der Waals surface area (Å²) in [5.41, 5.74) is 0.449. The highest BCUT2D eigenvalue weighted by Gasteiger charge is 2.11. The second-order valence-corrected chi connectivity index (χ2v) is 4.60. The Morgan fingerprint density at radius 2 is 2.05 bits per heavy atom. The molecular weight excluding hydrogens is 298 g/mol. The van der Waals surface area contributed by atoms with Crippen molar-refractivity contribution in [1.29, 1.82) is 0 Å². The fraction of sp³-hybridized carbons (Fsp3) is 0.0714. The van der Waals surface area contributed by atoms with Crippen LogP contribution in [0.15, 0.2) is 42.5 Å². The molecule has 0 atom stereocenters. The number of carbonyl (C=O) groups is 1. The third kappa shape index (κ3) is 3.93. The first kappa shape index (κ1) is 14.8. The molecule has 108 valence electrons. The van der Waals surface area contributed by atoms with E-state index in [9.17, 15) is 14.9 Å². The number of ether oxygens (including phenoxy) is 1. The molecule has 0 aromatic heterocycles. The summed E-state index contributed by atoms with van der Waals surface area (Å²) in [6.07, 6.45) is -0.120. The number of nitro benzene ring substituents is 1. The Labute approximate surface area is 124 Å². The van der Waals surface area contributed by atoms with Gasteiger partial charge in [-0.3, -0.25) is 14.9 Å². The number of benzene rings is 2. The van der Waals surface area contributed by atoms with Crippen LogP contribution in [0.2, 0.25) is 5.02 Å². The molecule has 0 saturated carbocycles. The standard InChI is InChI=1S/C14H10ClNO5/c15-12-8-10(16(19)20)4-5-13(12)21-11-3-1-2-9(6-11)7-14(17)18/h1-6,8H,7H2,(H,17,18). The van der Waals surface area contributed by atoms with Crippen LogP contribution < -0.4 is 4.74 Å². The molecule has 0 radical (unpaired) electrons. The molecule has 6 nitrogen and oxygen atoms in total. The molecule has 0 unspecified atom stereocenters. The number of rotatable bonds is 5. The van der Waals surface area contributed by atoms with Gasteiger partial charge in [0, 0.05) is 12.1 Å².